The summed E-state index contributed by atoms with van der Waals surface area (Å²) in [5.74, 6) is -4.59. The molecule has 1 amide bonds. The van der Waals surface area contributed by atoms with E-state index in [1.165, 1.54) is 20.3 Å². The molecule has 1 N–H and O–H groups in total. The molecule has 0 bridgehead atoms. The zero-order valence-corrected chi connectivity index (χ0v) is 21.5. The average molecular weight is 536 g/mol. The van der Waals surface area contributed by atoms with E-state index in [0.717, 1.165) is 37.1 Å². The molecule has 0 aliphatic heterocycles. The Hall–Kier alpha value is -4.30. The summed E-state index contributed by atoms with van der Waals surface area (Å²) in [6, 6.07) is 10.1. The molecule has 0 radical (unpaired) electrons. The molecule has 0 saturated heterocycles. The van der Waals surface area contributed by atoms with Gasteiger partial charge in [-0.1, -0.05) is 30.3 Å². The molecule has 0 unspecified atom stereocenters. The van der Waals surface area contributed by atoms with Gasteiger partial charge in [0.1, 0.15) is 19.0 Å². The van der Waals surface area contributed by atoms with Crippen LogP contribution in [0.15, 0.2) is 47.4 Å². The van der Waals surface area contributed by atoms with Gasteiger partial charge in [0.25, 0.3) is 0 Å². The van der Waals surface area contributed by atoms with Gasteiger partial charge < -0.3 is 28.4 Å². The number of anilines is 1. The van der Waals surface area contributed by atoms with Crippen LogP contribution in [-0.4, -0.2) is 66.3 Å². The SMILES string of the molecule is COC(COC(C)=O)(OC)[C@@H](OC(C)=O)[C@@H](OC(C)=O)n1ccc(NC(=O)OCc2ccccc2)nc1=O. The average Bonchev–Trinajstić information content (AvgIpc) is 2.87. The van der Waals surface area contributed by atoms with Crippen LogP contribution >= 0.6 is 0 Å². The number of carbonyl (C=O) groups excluding carboxylic acids is 4. The van der Waals surface area contributed by atoms with Crippen LogP contribution in [0, 0.1) is 0 Å². The Bertz CT molecular complexity index is 1180. The number of rotatable bonds is 12. The third kappa shape index (κ3) is 8.38. The summed E-state index contributed by atoms with van der Waals surface area (Å²) < 4.78 is 32.3. The minimum absolute atomic E-state index is 0.0131. The van der Waals surface area contributed by atoms with Gasteiger partial charge in [-0.25, -0.2) is 9.59 Å². The van der Waals surface area contributed by atoms with Crippen molar-refractivity contribution in [1.82, 2.24) is 9.55 Å². The van der Waals surface area contributed by atoms with Crippen LogP contribution in [0.1, 0.15) is 32.6 Å². The summed E-state index contributed by atoms with van der Waals surface area (Å²) in [6.07, 6.45) is -3.08. The Labute approximate surface area is 217 Å². The molecule has 38 heavy (non-hydrogen) atoms. The minimum atomic E-state index is -2.00. The molecule has 0 saturated carbocycles. The summed E-state index contributed by atoms with van der Waals surface area (Å²) in [5, 5.41) is 2.32. The van der Waals surface area contributed by atoms with Crippen molar-refractivity contribution in [3.8, 4) is 0 Å². The Morgan fingerprint density at radius 2 is 1.55 bits per heavy atom. The van der Waals surface area contributed by atoms with Gasteiger partial charge in [-0.3, -0.25) is 24.3 Å². The second-order valence-electron chi connectivity index (χ2n) is 7.72. The van der Waals surface area contributed by atoms with Gasteiger partial charge in [0, 0.05) is 41.2 Å². The number of hydrogen-bond donors (Lipinski definition) is 1. The first-order valence-electron chi connectivity index (χ1n) is 11.2. The minimum Gasteiger partial charge on any atom is -0.460 e. The lowest BCUT2D eigenvalue weighted by atomic mass is 10.1. The highest BCUT2D eigenvalue weighted by molar-refractivity contribution is 5.83. The van der Waals surface area contributed by atoms with E-state index in [9.17, 15) is 24.0 Å². The van der Waals surface area contributed by atoms with E-state index in [1.807, 2.05) is 6.07 Å². The molecule has 206 valence electrons. The molecule has 14 nitrogen and oxygen atoms in total. The third-order valence-electron chi connectivity index (χ3n) is 4.99. The van der Waals surface area contributed by atoms with E-state index >= 15 is 0 Å². The Balaban J connectivity index is 2.38. The Morgan fingerprint density at radius 3 is 2.08 bits per heavy atom. The second-order valence-corrected chi connectivity index (χ2v) is 7.72. The highest BCUT2D eigenvalue weighted by Gasteiger charge is 2.51. The number of amides is 1. The largest absolute Gasteiger partial charge is 0.460 e. The molecule has 1 aromatic carbocycles. The maximum absolute atomic E-state index is 12.9. The van der Waals surface area contributed by atoms with Crippen molar-refractivity contribution in [2.24, 2.45) is 0 Å². The van der Waals surface area contributed by atoms with Crippen molar-refractivity contribution < 1.29 is 47.6 Å². The highest BCUT2D eigenvalue weighted by atomic mass is 16.7. The lowest BCUT2D eigenvalue weighted by Gasteiger charge is -2.39. The normalized spacial score (nSPS) is 12.6. The summed E-state index contributed by atoms with van der Waals surface area (Å²) in [4.78, 5) is 64.2. The summed E-state index contributed by atoms with van der Waals surface area (Å²) >= 11 is 0. The standard InChI is InChI=1S/C24H29N3O11/c1-15(28)36-14-24(33-4,34-5)20(37-16(2)29)21(38-17(3)30)27-12-11-19(25-22(27)31)26-23(32)35-13-18-9-7-6-8-10-18/h6-12,20-21H,13-14H2,1-5H3,(H,25,26,31,32)/t20-,21+/m0/s1. The second kappa shape index (κ2) is 13.9. The van der Waals surface area contributed by atoms with Crippen LogP contribution in [0.3, 0.4) is 0 Å². The van der Waals surface area contributed by atoms with Crippen molar-refractivity contribution in [1.29, 1.82) is 0 Å². The predicted octanol–water partition coefficient (Wildman–Crippen LogP) is 1.54. The van der Waals surface area contributed by atoms with Gasteiger partial charge in [0.2, 0.25) is 18.1 Å². The zero-order chi connectivity index (χ0) is 28.3. The summed E-state index contributed by atoms with van der Waals surface area (Å²) in [7, 11) is 2.34. The molecular weight excluding hydrogens is 506 g/mol. The number of nitrogens with zero attached hydrogens (tertiary/aromatic N) is 2. The molecule has 1 aromatic heterocycles. The van der Waals surface area contributed by atoms with E-state index in [2.05, 4.69) is 10.3 Å². The van der Waals surface area contributed by atoms with Crippen LogP contribution in [0.4, 0.5) is 10.6 Å². The monoisotopic (exact) mass is 535 g/mol. The fraction of sp³-hybridized carbons (Fsp3) is 0.417. The van der Waals surface area contributed by atoms with Crippen LogP contribution in [0.5, 0.6) is 0 Å². The van der Waals surface area contributed by atoms with Crippen molar-refractivity contribution in [3.63, 3.8) is 0 Å². The van der Waals surface area contributed by atoms with Gasteiger partial charge >= 0.3 is 29.7 Å². The van der Waals surface area contributed by atoms with Gasteiger partial charge in [0.15, 0.2) is 0 Å². The molecule has 14 heteroatoms. The summed E-state index contributed by atoms with van der Waals surface area (Å²) in [6.45, 7) is 2.64. The van der Waals surface area contributed by atoms with Gasteiger partial charge in [0.05, 0.1) is 0 Å². The number of esters is 3. The number of carbonyl (C=O) groups is 4. The van der Waals surface area contributed by atoms with Crippen molar-refractivity contribution in [2.45, 2.75) is 45.5 Å². The van der Waals surface area contributed by atoms with E-state index in [4.69, 9.17) is 28.4 Å². The lowest BCUT2D eigenvalue weighted by molar-refractivity contribution is -0.305. The molecule has 0 fully saturated rings. The highest BCUT2D eigenvalue weighted by Crippen LogP contribution is 2.30. The smallest absolute Gasteiger partial charge is 0.413 e. The quantitative estimate of drug-likeness (QED) is 0.236. The van der Waals surface area contributed by atoms with E-state index in [1.54, 1.807) is 24.3 Å². The number of methoxy groups -OCH3 is 2. The molecule has 0 aliphatic rings. The van der Waals surface area contributed by atoms with Gasteiger partial charge in [-0.2, -0.15) is 4.98 Å². The molecular formula is C24H29N3O11. The number of aromatic nitrogens is 2. The Morgan fingerprint density at radius 1 is 0.921 bits per heavy atom. The number of nitrogens with one attached hydrogen (secondary N) is 1. The maximum Gasteiger partial charge on any atom is 0.413 e. The van der Waals surface area contributed by atoms with Crippen molar-refractivity contribution >= 4 is 29.8 Å². The van der Waals surface area contributed by atoms with Crippen LogP contribution in [0.25, 0.3) is 0 Å². The first kappa shape index (κ1) is 29.9. The predicted molar refractivity (Wildman–Crippen MR) is 128 cm³/mol. The summed E-state index contributed by atoms with van der Waals surface area (Å²) in [5.41, 5.74) is -0.261. The molecule has 1 heterocycles. The van der Waals surface area contributed by atoms with Gasteiger partial charge in [-0.05, 0) is 11.6 Å². The third-order valence-corrected chi connectivity index (χ3v) is 4.99. The zero-order valence-electron chi connectivity index (χ0n) is 21.5. The number of benzene rings is 1. The first-order valence-corrected chi connectivity index (χ1v) is 11.2. The van der Waals surface area contributed by atoms with Crippen LogP contribution in [-0.2, 0) is 49.4 Å². The molecule has 2 rings (SSSR count). The van der Waals surface area contributed by atoms with Gasteiger partial charge in [-0.15, -0.1) is 0 Å². The molecule has 2 aromatic rings. The number of ether oxygens (including phenoxy) is 6. The topological polar surface area (TPSA) is 171 Å². The van der Waals surface area contributed by atoms with E-state index in [0.29, 0.717) is 0 Å². The van der Waals surface area contributed by atoms with E-state index in [-0.39, 0.29) is 12.4 Å². The van der Waals surface area contributed by atoms with E-state index < -0.39 is 54.4 Å². The first-order chi connectivity index (χ1) is 18.0. The fourth-order valence-electron chi connectivity index (χ4n) is 3.24. The maximum atomic E-state index is 12.9. The number of hydrogen-bond acceptors (Lipinski definition) is 12. The molecule has 0 aliphatic carbocycles. The van der Waals surface area contributed by atoms with Crippen LogP contribution < -0.4 is 11.0 Å². The fourth-order valence-corrected chi connectivity index (χ4v) is 3.24. The molecule has 0 spiro atoms. The Kier molecular flexibility index (Phi) is 10.9. The van der Waals surface area contributed by atoms with Crippen molar-refractivity contribution in [3.05, 3.63) is 58.6 Å². The molecule has 2 atom stereocenters. The van der Waals surface area contributed by atoms with Crippen molar-refractivity contribution in [2.75, 3.05) is 26.1 Å². The van der Waals surface area contributed by atoms with Crippen LogP contribution in [0.2, 0.25) is 0 Å². The lowest BCUT2D eigenvalue weighted by Crippen LogP contribution is -2.57.